The van der Waals surface area contributed by atoms with E-state index in [2.05, 4.69) is 4.98 Å². The molecular formula is C12H11F3N2O. The first-order valence-electron chi connectivity index (χ1n) is 5.52. The van der Waals surface area contributed by atoms with E-state index in [0.29, 0.717) is 12.2 Å². The summed E-state index contributed by atoms with van der Waals surface area (Å²) in [5, 5.41) is 0. The van der Waals surface area contributed by atoms with E-state index in [4.69, 9.17) is 0 Å². The van der Waals surface area contributed by atoms with Crippen molar-refractivity contribution < 1.29 is 18.0 Å². The van der Waals surface area contributed by atoms with Crippen LogP contribution >= 0.6 is 0 Å². The Bertz CT molecular complexity index is 587. The summed E-state index contributed by atoms with van der Waals surface area (Å²) in [5.41, 5.74) is -0.324. The Hall–Kier alpha value is -1.85. The number of nitrogens with zero attached hydrogens (tertiary/aromatic N) is 2. The summed E-state index contributed by atoms with van der Waals surface area (Å²) in [7, 11) is 0. The molecule has 0 aromatic carbocycles. The summed E-state index contributed by atoms with van der Waals surface area (Å²) < 4.78 is 38.9. The fourth-order valence-corrected chi connectivity index (χ4v) is 1.80. The Kier molecular flexibility index (Phi) is 3.11. The Balaban J connectivity index is 2.61. The number of pyridine rings is 1. The van der Waals surface area contributed by atoms with Gasteiger partial charge in [-0.1, -0.05) is 13.0 Å². The van der Waals surface area contributed by atoms with Crippen LogP contribution in [0.5, 0.6) is 0 Å². The summed E-state index contributed by atoms with van der Waals surface area (Å²) in [6.45, 7) is 1.90. The van der Waals surface area contributed by atoms with Gasteiger partial charge < -0.3 is 4.40 Å². The molecule has 0 aliphatic carbocycles. The highest BCUT2D eigenvalue weighted by molar-refractivity contribution is 6.04. The predicted molar refractivity (Wildman–Crippen MR) is 59.6 cm³/mol. The molecule has 0 unspecified atom stereocenters. The minimum absolute atomic E-state index is 0.197. The summed E-state index contributed by atoms with van der Waals surface area (Å²) in [6.07, 6.45) is -2.02. The van der Waals surface area contributed by atoms with Gasteiger partial charge >= 0.3 is 6.18 Å². The Morgan fingerprint density at radius 3 is 2.72 bits per heavy atom. The quantitative estimate of drug-likeness (QED) is 0.791. The standard InChI is InChI=1S/C12H11F3N2O/c1-2-5-9-16-10(11(18)12(13,14)15)8-6-3-4-7-17(8)9/h3-4,6-7H,2,5H2,1H3. The highest BCUT2D eigenvalue weighted by Crippen LogP contribution is 2.24. The average molecular weight is 256 g/mol. The van der Waals surface area contributed by atoms with Gasteiger partial charge in [0.15, 0.2) is 0 Å². The van der Waals surface area contributed by atoms with E-state index in [9.17, 15) is 18.0 Å². The second-order valence-electron chi connectivity index (χ2n) is 3.91. The maximum atomic E-state index is 12.5. The van der Waals surface area contributed by atoms with Crippen LogP contribution in [0.2, 0.25) is 0 Å². The lowest BCUT2D eigenvalue weighted by atomic mass is 10.2. The molecule has 0 saturated heterocycles. The highest BCUT2D eigenvalue weighted by Gasteiger charge is 2.41. The van der Waals surface area contributed by atoms with Crippen LogP contribution in [0, 0.1) is 0 Å². The second-order valence-corrected chi connectivity index (χ2v) is 3.91. The second kappa shape index (κ2) is 4.44. The van der Waals surface area contributed by atoms with Gasteiger partial charge in [0.1, 0.15) is 11.5 Å². The number of imidazole rings is 1. The highest BCUT2D eigenvalue weighted by atomic mass is 19.4. The van der Waals surface area contributed by atoms with E-state index < -0.39 is 17.7 Å². The van der Waals surface area contributed by atoms with Gasteiger partial charge in [0, 0.05) is 12.6 Å². The molecule has 0 amide bonds. The first kappa shape index (κ1) is 12.6. The lowest BCUT2D eigenvalue weighted by Crippen LogP contribution is -2.23. The number of aromatic nitrogens is 2. The molecule has 0 N–H and O–H groups in total. The summed E-state index contributed by atoms with van der Waals surface area (Å²) in [6, 6.07) is 4.74. The van der Waals surface area contributed by atoms with Crippen molar-refractivity contribution in [1.82, 2.24) is 9.38 Å². The van der Waals surface area contributed by atoms with Crippen molar-refractivity contribution >= 4 is 11.3 Å². The van der Waals surface area contributed by atoms with Gasteiger partial charge in [-0.25, -0.2) is 4.98 Å². The molecule has 6 heteroatoms. The van der Waals surface area contributed by atoms with E-state index in [1.807, 2.05) is 6.92 Å². The molecule has 0 atom stereocenters. The molecule has 2 rings (SSSR count). The third-order valence-electron chi connectivity index (χ3n) is 2.57. The maximum absolute atomic E-state index is 12.5. The summed E-state index contributed by atoms with van der Waals surface area (Å²) in [5.74, 6) is -1.42. The molecule has 0 bridgehead atoms. The van der Waals surface area contributed by atoms with Crippen LogP contribution in [-0.4, -0.2) is 21.3 Å². The maximum Gasteiger partial charge on any atom is 0.456 e. The molecule has 0 aliphatic heterocycles. The number of carbonyl (C=O) groups is 1. The van der Waals surface area contributed by atoms with E-state index in [-0.39, 0.29) is 5.52 Å². The van der Waals surface area contributed by atoms with Crippen LogP contribution in [0.1, 0.15) is 29.7 Å². The van der Waals surface area contributed by atoms with E-state index in [1.54, 1.807) is 18.3 Å². The van der Waals surface area contributed by atoms with Crippen molar-refractivity contribution in [3.8, 4) is 0 Å². The van der Waals surface area contributed by atoms with Crippen LogP contribution in [0.4, 0.5) is 13.2 Å². The number of rotatable bonds is 3. The summed E-state index contributed by atoms with van der Waals surface area (Å²) in [4.78, 5) is 15.1. The minimum atomic E-state index is -4.89. The zero-order valence-corrected chi connectivity index (χ0v) is 9.66. The third-order valence-corrected chi connectivity index (χ3v) is 2.57. The number of hydrogen-bond acceptors (Lipinski definition) is 2. The average Bonchev–Trinajstić information content (AvgIpc) is 2.67. The van der Waals surface area contributed by atoms with Crippen LogP contribution in [0.3, 0.4) is 0 Å². The first-order valence-corrected chi connectivity index (χ1v) is 5.52. The zero-order valence-electron chi connectivity index (χ0n) is 9.66. The van der Waals surface area contributed by atoms with Gasteiger partial charge in [0.05, 0.1) is 5.52 Å². The van der Waals surface area contributed by atoms with E-state index in [1.165, 1.54) is 10.5 Å². The fraction of sp³-hybridized carbons (Fsp3) is 0.333. The predicted octanol–water partition coefficient (Wildman–Crippen LogP) is 3.03. The van der Waals surface area contributed by atoms with Gasteiger partial charge in [0.2, 0.25) is 0 Å². The third kappa shape index (κ3) is 2.10. The molecule has 3 nitrogen and oxygen atoms in total. The molecule has 2 aromatic rings. The van der Waals surface area contributed by atoms with Crippen LogP contribution in [0.25, 0.3) is 5.52 Å². The van der Waals surface area contributed by atoms with Gasteiger partial charge in [-0.3, -0.25) is 4.79 Å². The Morgan fingerprint density at radius 1 is 1.39 bits per heavy atom. The van der Waals surface area contributed by atoms with E-state index >= 15 is 0 Å². The fourth-order valence-electron chi connectivity index (χ4n) is 1.80. The van der Waals surface area contributed by atoms with Crippen molar-refractivity contribution in [2.75, 3.05) is 0 Å². The molecule has 0 aliphatic rings. The number of alkyl halides is 3. The van der Waals surface area contributed by atoms with Crippen LogP contribution in [0.15, 0.2) is 24.4 Å². The number of ketones is 1. The van der Waals surface area contributed by atoms with Crippen molar-refractivity contribution in [3.63, 3.8) is 0 Å². The Morgan fingerprint density at radius 2 is 2.11 bits per heavy atom. The van der Waals surface area contributed by atoms with Crippen molar-refractivity contribution in [1.29, 1.82) is 0 Å². The van der Waals surface area contributed by atoms with Crippen molar-refractivity contribution in [2.45, 2.75) is 25.9 Å². The lowest BCUT2D eigenvalue weighted by Gasteiger charge is -2.02. The number of fused-ring (bicyclic) bond motifs is 1. The van der Waals surface area contributed by atoms with Crippen molar-refractivity contribution in [2.24, 2.45) is 0 Å². The van der Waals surface area contributed by atoms with Gasteiger partial charge in [-0.15, -0.1) is 0 Å². The lowest BCUT2D eigenvalue weighted by molar-refractivity contribution is -0.0887. The monoisotopic (exact) mass is 256 g/mol. The first-order chi connectivity index (χ1) is 8.45. The molecule has 2 heterocycles. The number of carbonyl (C=O) groups excluding carboxylic acids is 1. The number of Topliss-reactive ketones (excluding diaryl/α,β-unsaturated/α-hetero) is 1. The smallest absolute Gasteiger partial charge is 0.303 e. The van der Waals surface area contributed by atoms with E-state index in [0.717, 1.165) is 6.42 Å². The normalized spacial score (nSPS) is 12.0. The largest absolute Gasteiger partial charge is 0.456 e. The molecule has 0 fully saturated rings. The minimum Gasteiger partial charge on any atom is -0.303 e. The van der Waals surface area contributed by atoms with Crippen molar-refractivity contribution in [3.05, 3.63) is 35.9 Å². The number of halogens is 3. The van der Waals surface area contributed by atoms with Gasteiger partial charge in [0.25, 0.3) is 5.78 Å². The SMILES string of the molecule is CCCc1nc(C(=O)C(F)(F)F)c2ccccn12. The number of aryl methyl sites for hydroxylation is 1. The topological polar surface area (TPSA) is 34.4 Å². The zero-order chi connectivity index (χ0) is 13.3. The molecule has 2 aromatic heterocycles. The van der Waals surface area contributed by atoms with Gasteiger partial charge in [-0.2, -0.15) is 13.2 Å². The molecule has 96 valence electrons. The molecule has 0 radical (unpaired) electrons. The Labute approximate surface area is 101 Å². The number of hydrogen-bond donors (Lipinski definition) is 0. The summed E-state index contributed by atoms with van der Waals surface area (Å²) >= 11 is 0. The molecule has 18 heavy (non-hydrogen) atoms. The molecular weight excluding hydrogens is 245 g/mol. The molecule has 0 saturated carbocycles. The van der Waals surface area contributed by atoms with Crippen LogP contribution in [-0.2, 0) is 6.42 Å². The molecule has 0 spiro atoms. The van der Waals surface area contributed by atoms with Crippen LogP contribution < -0.4 is 0 Å². The van der Waals surface area contributed by atoms with Gasteiger partial charge in [-0.05, 0) is 18.6 Å².